The molecule has 0 bridgehead atoms. The number of imidazole rings is 1. The van der Waals surface area contributed by atoms with Gasteiger partial charge < -0.3 is 19.4 Å². The number of anilines is 1. The van der Waals surface area contributed by atoms with Crippen LogP contribution >= 0.6 is 0 Å². The Balaban J connectivity index is 1.81. The maximum Gasteiger partial charge on any atom is 0.255 e. The van der Waals surface area contributed by atoms with Crippen LogP contribution in [0.5, 0.6) is 11.5 Å². The minimum atomic E-state index is -0.223. The van der Waals surface area contributed by atoms with Gasteiger partial charge in [-0.25, -0.2) is 4.98 Å². The Morgan fingerprint density at radius 2 is 1.92 bits per heavy atom. The minimum Gasteiger partial charge on any atom is -0.493 e. The molecule has 0 saturated heterocycles. The number of carbonyl (C=O) groups excluding carboxylic acids is 1. The summed E-state index contributed by atoms with van der Waals surface area (Å²) in [7, 11) is 3.09. The van der Waals surface area contributed by atoms with Crippen molar-refractivity contribution in [2.45, 2.75) is 0 Å². The Kier molecular flexibility index (Phi) is 4.47. The molecule has 1 heterocycles. The standard InChI is InChI=1S/C18H17N3O3/c1-23-16-7-6-13(10-17(16)24-2)18(22)20-14-4-3-5-15(11-14)21-9-8-19-12-21/h3-12H,1-2H3,(H,20,22). The Bertz CT molecular complexity index is 844. The fourth-order valence-electron chi connectivity index (χ4n) is 2.34. The first-order chi connectivity index (χ1) is 11.7. The molecule has 6 nitrogen and oxygen atoms in total. The van der Waals surface area contributed by atoms with Crippen LogP contribution in [0.25, 0.3) is 5.69 Å². The lowest BCUT2D eigenvalue weighted by atomic mass is 10.1. The number of amides is 1. The number of nitrogens with one attached hydrogen (secondary N) is 1. The van der Waals surface area contributed by atoms with Crippen LogP contribution in [-0.4, -0.2) is 29.7 Å². The molecule has 24 heavy (non-hydrogen) atoms. The lowest BCUT2D eigenvalue weighted by Crippen LogP contribution is -2.12. The van der Waals surface area contributed by atoms with Crippen molar-refractivity contribution >= 4 is 11.6 Å². The Hall–Kier alpha value is -3.28. The molecule has 3 rings (SSSR count). The highest BCUT2D eigenvalue weighted by Gasteiger charge is 2.11. The molecule has 2 aromatic carbocycles. The Morgan fingerprint density at radius 1 is 1.08 bits per heavy atom. The third-order valence-electron chi connectivity index (χ3n) is 3.55. The molecule has 1 aromatic heterocycles. The normalized spacial score (nSPS) is 10.2. The van der Waals surface area contributed by atoms with Gasteiger partial charge in [-0.05, 0) is 36.4 Å². The summed E-state index contributed by atoms with van der Waals surface area (Å²) >= 11 is 0. The lowest BCUT2D eigenvalue weighted by molar-refractivity contribution is 0.102. The van der Waals surface area contributed by atoms with Crippen LogP contribution in [0.1, 0.15) is 10.4 Å². The van der Waals surface area contributed by atoms with Crippen LogP contribution in [0, 0.1) is 0 Å². The molecular weight excluding hydrogens is 306 g/mol. The first kappa shape index (κ1) is 15.6. The van der Waals surface area contributed by atoms with Crippen molar-refractivity contribution in [2.24, 2.45) is 0 Å². The fraction of sp³-hybridized carbons (Fsp3) is 0.111. The SMILES string of the molecule is COc1ccc(C(=O)Nc2cccc(-n3ccnc3)c2)cc1OC. The molecule has 1 amide bonds. The summed E-state index contributed by atoms with van der Waals surface area (Å²) in [6.45, 7) is 0. The van der Waals surface area contributed by atoms with Gasteiger partial charge in [-0.3, -0.25) is 4.79 Å². The quantitative estimate of drug-likeness (QED) is 0.783. The van der Waals surface area contributed by atoms with Gasteiger partial charge in [0, 0.05) is 29.3 Å². The second-order valence-corrected chi connectivity index (χ2v) is 5.04. The van der Waals surface area contributed by atoms with Crippen molar-refractivity contribution in [3.8, 4) is 17.2 Å². The lowest BCUT2D eigenvalue weighted by Gasteiger charge is -2.11. The largest absolute Gasteiger partial charge is 0.493 e. The molecule has 122 valence electrons. The molecule has 0 saturated carbocycles. The molecule has 1 N–H and O–H groups in total. The first-order valence-electron chi connectivity index (χ1n) is 7.33. The average molecular weight is 323 g/mol. The maximum atomic E-state index is 12.5. The van der Waals surface area contributed by atoms with Crippen LogP contribution in [0.15, 0.2) is 61.2 Å². The van der Waals surface area contributed by atoms with Gasteiger partial charge in [0.2, 0.25) is 0 Å². The van der Waals surface area contributed by atoms with E-state index in [4.69, 9.17) is 9.47 Å². The number of methoxy groups -OCH3 is 2. The highest BCUT2D eigenvalue weighted by atomic mass is 16.5. The molecule has 0 atom stereocenters. The molecule has 0 aliphatic rings. The third kappa shape index (κ3) is 3.22. The van der Waals surface area contributed by atoms with E-state index in [9.17, 15) is 4.79 Å². The van der Waals surface area contributed by atoms with Gasteiger partial charge in [0.15, 0.2) is 11.5 Å². The molecule has 0 radical (unpaired) electrons. The minimum absolute atomic E-state index is 0.223. The van der Waals surface area contributed by atoms with Crippen LogP contribution < -0.4 is 14.8 Å². The summed E-state index contributed by atoms with van der Waals surface area (Å²) in [5.74, 6) is 0.868. The van der Waals surface area contributed by atoms with E-state index in [1.807, 2.05) is 35.0 Å². The molecule has 6 heteroatoms. The van der Waals surface area contributed by atoms with E-state index in [-0.39, 0.29) is 5.91 Å². The summed E-state index contributed by atoms with van der Waals surface area (Å²) < 4.78 is 12.3. The van der Waals surface area contributed by atoms with Gasteiger partial charge in [0.25, 0.3) is 5.91 Å². The molecular formula is C18H17N3O3. The van der Waals surface area contributed by atoms with Gasteiger partial charge in [0.1, 0.15) is 0 Å². The van der Waals surface area contributed by atoms with E-state index in [2.05, 4.69) is 10.3 Å². The number of rotatable bonds is 5. The number of hydrogen-bond donors (Lipinski definition) is 1. The number of nitrogens with zero attached hydrogens (tertiary/aromatic N) is 2. The summed E-state index contributed by atoms with van der Waals surface area (Å²) in [5.41, 5.74) is 2.10. The van der Waals surface area contributed by atoms with Gasteiger partial charge in [-0.2, -0.15) is 0 Å². The van der Waals surface area contributed by atoms with E-state index in [0.29, 0.717) is 22.7 Å². The molecule has 0 aliphatic carbocycles. The number of ether oxygens (including phenoxy) is 2. The van der Waals surface area contributed by atoms with Crippen molar-refractivity contribution < 1.29 is 14.3 Å². The Labute approximate surface area is 139 Å². The number of benzene rings is 2. The summed E-state index contributed by atoms with van der Waals surface area (Å²) in [6.07, 6.45) is 5.25. The molecule has 0 unspecified atom stereocenters. The van der Waals surface area contributed by atoms with Gasteiger partial charge in [-0.15, -0.1) is 0 Å². The van der Waals surface area contributed by atoms with Crippen LogP contribution in [0.2, 0.25) is 0 Å². The topological polar surface area (TPSA) is 65.4 Å². The van der Waals surface area contributed by atoms with Crippen LogP contribution in [-0.2, 0) is 0 Å². The fourth-order valence-corrected chi connectivity index (χ4v) is 2.34. The van der Waals surface area contributed by atoms with E-state index < -0.39 is 0 Å². The predicted molar refractivity (Wildman–Crippen MR) is 91.1 cm³/mol. The smallest absolute Gasteiger partial charge is 0.255 e. The average Bonchev–Trinajstić information content (AvgIpc) is 3.16. The molecule has 0 fully saturated rings. The predicted octanol–water partition coefficient (Wildman–Crippen LogP) is 3.14. The van der Waals surface area contributed by atoms with Crippen LogP contribution in [0.3, 0.4) is 0 Å². The summed E-state index contributed by atoms with van der Waals surface area (Å²) in [4.78, 5) is 16.5. The second kappa shape index (κ2) is 6.87. The van der Waals surface area contributed by atoms with E-state index in [0.717, 1.165) is 5.69 Å². The zero-order valence-corrected chi connectivity index (χ0v) is 13.4. The second-order valence-electron chi connectivity index (χ2n) is 5.04. The third-order valence-corrected chi connectivity index (χ3v) is 3.55. The van der Waals surface area contributed by atoms with Gasteiger partial charge >= 0.3 is 0 Å². The van der Waals surface area contributed by atoms with E-state index in [1.54, 1.807) is 37.8 Å². The summed E-state index contributed by atoms with van der Waals surface area (Å²) in [6, 6.07) is 12.6. The highest BCUT2D eigenvalue weighted by molar-refractivity contribution is 6.04. The number of aromatic nitrogens is 2. The highest BCUT2D eigenvalue weighted by Crippen LogP contribution is 2.28. The Morgan fingerprint density at radius 3 is 2.62 bits per heavy atom. The van der Waals surface area contributed by atoms with Gasteiger partial charge in [-0.1, -0.05) is 6.07 Å². The van der Waals surface area contributed by atoms with Crippen molar-refractivity contribution in [1.82, 2.24) is 9.55 Å². The van der Waals surface area contributed by atoms with Crippen LogP contribution in [0.4, 0.5) is 5.69 Å². The molecule has 0 aliphatic heterocycles. The van der Waals surface area contributed by atoms with E-state index >= 15 is 0 Å². The zero-order chi connectivity index (χ0) is 16.9. The van der Waals surface area contributed by atoms with Crippen molar-refractivity contribution in [2.75, 3.05) is 19.5 Å². The monoisotopic (exact) mass is 323 g/mol. The first-order valence-corrected chi connectivity index (χ1v) is 7.33. The number of hydrogen-bond acceptors (Lipinski definition) is 4. The zero-order valence-electron chi connectivity index (χ0n) is 13.4. The van der Waals surface area contributed by atoms with Crippen molar-refractivity contribution in [3.63, 3.8) is 0 Å². The van der Waals surface area contributed by atoms with Crippen molar-refractivity contribution in [1.29, 1.82) is 0 Å². The van der Waals surface area contributed by atoms with Crippen molar-refractivity contribution in [3.05, 3.63) is 66.7 Å². The number of carbonyl (C=O) groups is 1. The van der Waals surface area contributed by atoms with Gasteiger partial charge in [0.05, 0.1) is 20.5 Å². The molecule has 0 spiro atoms. The summed E-state index contributed by atoms with van der Waals surface area (Å²) in [5, 5.41) is 2.88. The maximum absolute atomic E-state index is 12.5. The molecule has 3 aromatic rings. The van der Waals surface area contributed by atoms with E-state index in [1.165, 1.54) is 7.11 Å².